The first-order valence-electron chi connectivity index (χ1n) is 8.26. The molecule has 3 aromatic rings. The van der Waals surface area contributed by atoms with E-state index in [4.69, 9.17) is 9.47 Å². The number of benzene rings is 3. The summed E-state index contributed by atoms with van der Waals surface area (Å²) in [6.45, 7) is 0. The normalized spacial score (nSPS) is 10.3. The van der Waals surface area contributed by atoms with Crippen molar-refractivity contribution in [3.8, 4) is 22.6 Å². The van der Waals surface area contributed by atoms with E-state index in [0.29, 0.717) is 16.9 Å². The first kappa shape index (κ1) is 18.9. The van der Waals surface area contributed by atoms with E-state index in [2.05, 4.69) is 15.9 Å². The van der Waals surface area contributed by atoms with E-state index in [9.17, 15) is 9.59 Å². The van der Waals surface area contributed by atoms with E-state index in [-0.39, 0.29) is 11.1 Å². The number of halogens is 1. The van der Waals surface area contributed by atoms with Gasteiger partial charge < -0.3 is 9.47 Å². The summed E-state index contributed by atoms with van der Waals surface area (Å²) >= 11 is 3.13. The lowest BCUT2D eigenvalue weighted by atomic mass is 10.0. The van der Waals surface area contributed by atoms with Crippen molar-refractivity contribution in [3.63, 3.8) is 0 Å². The summed E-state index contributed by atoms with van der Waals surface area (Å²) in [4.78, 5) is 23.9. The number of alkyl halides is 1. The van der Waals surface area contributed by atoms with Gasteiger partial charge in [-0.05, 0) is 59.7 Å². The van der Waals surface area contributed by atoms with Crippen LogP contribution in [-0.2, 0) is 0 Å². The Hall–Kier alpha value is -2.92. The highest BCUT2D eigenvalue weighted by Crippen LogP contribution is 2.23. The lowest BCUT2D eigenvalue weighted by Gasteiger charge is -2.07. The van der Waals surface area contributed by atoms with Crippen LogP contribution in [0.4, 0.5) is 0 Å². The van der Waals surface area contributed by atoms with E-state index in [0.717, 1.165) is 16.9 Å². The summed E-state index contributed by atoms with van der Waals surface area (Å²) in [6, 6.07) is 21.4. The number of hydrogen-bond acceptors (Lipinski definition) is 4. The predicted molar refractivity (Wildman–Crippen MR) is 108 cm³/mol. The average molecular weight is 425 g/mol. The van der Waals surface area contributed by atoms with Crippen molar-refractivity contribution in [3.05, 3.63) is 83.9 Å². The molecule has 0 aliphatic rings. The maximum absolute atomic E-state index is 12.3. The lowest BCUT2D eigenvalue weighted by Crippen LogP contribution is -2.08. The molecule has 0 atom stereocenters. The van der Waals surface area contributed by atoms with Gasteiger partial charge in [-0.3, -0.25) is 4.79 Å². The molecule has 0 unspecified atom stereocenters. The standard InChI is InChI=1S/C22H17BrO4/c1-26-19-10-6-16(7-11-19)15-2-4-18(5-3-15)22(25)27-20-12-8-17(9-13-20)21(24)14-23/h2-13H,14H2,1H3. The molecule has 0 heterocycles. The molecular weight excluding hydrogens is 408 g/mol. The Balaban J connectivity index is 1.69. The largest absolute Gasteiger partial charge is 0.497 e. The molecule has 0 saturated heterocycles. The molecule has 0 amide bonds. The number of hydrogen-bond donors (Lipinski definition) is 0. The molecule has 0 saturated carbocycles. The van der Waals surface area contributed by atoms with E-state index in [1.165, 1.54) is 0 Å². The van der Waals surface area contributed by atoms with Crippen LogP contribution in [0.5, 0.6) is 11.5 Å². The van der Waals surface area contributed by atoms with Gasteiger partial charge in [-0.2, -0.15) is 0 Å². The predicted octanol–water partition coefficient (Wildman–Crippen LogP) is 5.16. The van der Waals surface area contributed by atoms with Gasteiger partial charge in [0.2, 0.25) is 0 Å². The van der Waals surface area contributed by atoms with Crippen molar-refractivity contribution < 1.29 is 19.1 Å². The number of methoxy groups -OCH3 is 1. The summed E-state index contributed by atoms with van der Waals surface area (Å²) in [5.41, 5.74) is 3.04. The maximum atomic E-state index is 12.3. The Morgan fingerprint density at radius 2 is 1.22 bits per heavy atom. The van der Waals surface area contributed by atoms with E-state index in [1.54, 1.807) is 43.5 Å². The van der Waals surface area contributed by atoms with Gasteiger partial charge in [0.15, 0.2) is 5.78 Å². The second-order valence-corrected chi connectivity index (χ2v) is 6.34. The van der Waals surface area contributed by atoms with Gasteiger partial charge >= 0.3 is 5.97 Å². The van der Waals surface area contributed by atoms with Gasteiger partial charge in [-0.25, -0.2) is 4.79 Å². The molecule has 0 spiro atoms. The summed E-state index contributed by atoms with van der Waals surface area (Å²) in [6.07, 6.45) is 0. The first-order valence-corrected chi connectivity index (χ1v) is 9.39. The van der Waals surface area contributed by atoms with Crippen LogP contribution in [0, 0.1) is 0 Å². The fourth-order valence-corrected chi connectivity index (χ4v) is 2.86. The molecule has 27 heavy (non-hydrogen) atoms. The fourth-order valence-electron chi connectivity index (χ4n) is 2.53. The van der Waals surface area contributed by atoms with Crippen LogP contribution in [-0.4, -0.2) is 24.2 Å². The van der Waals surface area contributed by atoms with E-state index in [1.807, 2.05) is 36.4 Å². The molecule has 5 heteroatoms. The third-order valence-electron chi connectivity index (χ3n) is 4.05. The van der Waals surface area contributed by atoms with Crippen molar-refractivity contribution in [2.45, 2.75) is 0 Å². The second kappa shape index (κ2) is 8.64. The van der Waals surface area contributed by atoms with Gasteiger partial charge in [-0.15, -0.1) is 0 Å². The zero-order valence-electron chi connectivity index (χ0n) is 14.6. The molecule has 0 bridgehead atoms. The quantitative estimate of drug-likeness (QED) is 0.237. The minimum Gasteiger partial charge on any atom is -0.497 e. The van der Waals surface area contributed by atoms with Crippen molar-refractivity contribution in [2.75, 3.05) is 12.4 Å². The van der Waals surface area contributed by atoms with Gasteiger partial charge in [0.25, 0.3) is 0 Å². The molecule has 136 valence electrons. The van der Waals surface area contributed by atoms with E-state index < -0.39 is 5.97 Å². The fraction of sp³-hybridized carbons (Fsp3) is 0.0909. The Morgan fingerprint density at radius 1 is 0.741 bits per heavy atom. The molecule has 3 aromatic carbocycles. The number of Topliss-reactive ketones (excluding diaryl/α,β-unsaturated/α-hetero) is 1. The molecular formula is C22H17BrO4. The Morgan fingerprint density at radius 3 is 1.74 bits per heavy atom. The monoisotopic (exact) mass is 424 g/mol. The molecule has 0 fully saturated rings. The number of carbonyl (C=O) groups is 2. The smallest absolute Gasteiger partial charge is 0.343 e. The Kier molecular flexibility index (Phi) is 6.04. The molecule has 0 aliphatic heterocycles. The van der Waals surface area contributed by atoms with Crippen LogP contribution in [0.1, 0.15) is 20.7 Å². The van der Waals surface area contributed by atoms with E-state index >= 15 is 0 Å². The molecule has 0 aliphatic carbocycles. The zero-order valence-corrected chi connectivity index (χ0v) is 16.2. The van der Waals surface area contributed by atoms with Gasteiger partial charge in [0, 0.05) is 5.56 Å². The number of rotatable bonds is 6. The van der Waals surface area contributed by atoms with Crippen LogP contribution < -0.4 is 9.47 Å². The van der Waals surface area contributed by atoms with Gasteiger partial charge in [0.1, 0.15) is 11.5 Å². The summed E-state index contributed by atoms with van der Waals surface area (Å²) in [5, 5.41) is 0.257. The minimum atomic E-state index is -0.448. The topological polar surface area (TPSA) is 52.6 Å². The van der Waals surface area contributed by atoms with Crippen molar-refractivity contribution in [2.24, 2.45) is 0 Å². The maximum Gasteiger partial charge on any atom is 0.343 e. The van der Waals surface area contributed by atoms with Crippen LogP contribution in [0.2, 0.25) is 0 Å². The lowest BCUT2D eigenvalue weighted by molar-refractivity contribution is 0.0734. The van der Waals surface area contributed by atoms with Crippen LogP contribution >= 0.6 is 15.9 Å². The molecule has 0 aromatic heterocycles. The van der Waals surface area contributed by atoms with Crippen LogP contribution in [0.25, 0.3) is 11.1 Å². The Labute approximate surface area is 165 Å². The molecule has 0 N–H and O–H groups in total. The minimum absolute atomic E-state index is 0.0259. The summed E-state index contributed by atoms with van der Waals surface area (Å²) in [7, 11) is 1.63. The van der Waals surface area contributed by atoms with Crippen LogP contribution in [0.3, 0.4) is 0 Å². The molecule has 4 nitrogen and oxygen atoms in total. The third-order valence-corrected chi connectivity index (χ3v) is 4.56. The average Bonchev–Trinajstić information content (AvgIpc) is 2.74. The van der Waals surface area contributed by atoms with Crippen LogP contribution in [0.15, 0.2) is 72.8 Å². The molecule has 0 radical (unpaired) electrons. The summed E-state index contributed by atoms with van der Waals surface area (Å²) in [5.74, 6) is 0.714. The highest BCUT2D eigenvalue weighted by molar-refractivity contribution is 9.09. The number of carbonyl (C=O) groups excluding carboxylic acids is 2. The second-order valence-electron chi connectivity index (χ2n) is 5.78. The third kappa shape index (κ3) is 4.63. The Bertz CT molecular complexity index is 930. The number of ether oxygens (including phenoxy) is 2. The highest BCUT2D eigenvalue weighted by atomic mass is 79.9. The van der Waals surface area contributed by atoms with Gasteiger partial charge in [-0.1, -0.05) is 40.2 Å². The zero-order chi connectivity index (χ0) is 19.2. The van der Waals surface area contributed by atoms with Crippen molar-refractivity contribution >= 4 is 27.7 Å². The van der Waals surface area contributed by atoms with Crippen molar-refractivity contribution in [1.29, 1.82) is 0 Å². The number of ketones is 1. The summed E-state index contributed by atoms with van der Waals surface area (Å²) < 4.78 is 10.5. The molecule has 3 rings (SSSR count). The number of esters is 1. The van der Waals surface area contributed by atoms with Crippen molar-refractivity contribution in [1.82, 2.24) is 0 Å². The van der Waals surface area contributed by atoms with Gasteiger partial charge in [0.05, 0.1) is 18.0 Å². The first-order chi connectivity index (χ1) is 13.1. The SMILES string of the molecule is COc1ccc(-c2ccc(C(=O)Oc3ccc(C(=O)CBr)cc3)cc2)cc1. The highest BCUT2D eigenvalue weighted by Gasteiger charge is 2.10.